The van der Waals surface area contributed by atoms with Crippen LogP contribution in [0, 0.1) is 0 Å². The molecule has 0 rings (SSSR count). The third-order valence-electron chi connectivity index (χ3n) is 0.235. The van der Waals surface area contributed by atoms with E-state index < -0.39 is 0 Å². The van der Waals surface area contributed by atoms with Crippen molar-refractivity contribution >= 4 is 69.2 Å². The van der Waals surface area contributed by atoms with E-state index in [0.29, 0.717) is 6.61 Å². The second kappa shape index (κ2) is 9.73. The van der Waals surface area contributed by atoms with Gasteiger partial charge in [-0.3, -0.25) is 0 Å². The third-order valence-corrected chi connectivity index (χ3v) is 0.371. The summed E-state index contributed by atoms with van der Waals surface area (Å²) in [5, 5.41) is 0. The van der Waals surface area contributed by atoms with Gasteiger partial charge >= 0.3 is 51.4 Å². The van der Waals surface area contributed by atoms with Gasteiger partial charge in [-0.05, 0) is 19.1 Å². The van der Waals surface area contributed by atoms with Gasteiger partial charge < -0.3 is 4.74 Å². The van der Waals surface area contributed by atoms with Crippen LogP contribution in [0.1, 0.15) is 6.92 Å². The first-order valence-corrected chi connectivity index (χ1v) is 1.94. The van der Waals surface area contributed by atoms with E-state index in [1.165, 1.54) is 5.55 Å². The molecule has 32 valence electrons. The molecule has 0 N–H and O–H groups in total. The minimum atomic E-state index is 0. The van der Waals surface area contributed by atoms with Crippen LogP contribution in [0.25, 0.3) is 0 Å². The van der Waals surface area contributed by atoms with Gasteiger partial charge in [-0.25, -0.2) is 0 Å². The van der Waals surface area contributed by atoms with Gasteiger partial charge in [0.05, 0.1) is 6.61 Å². The quantitative estimate of drug-likeness (QED) is 0.393. The van der Waals surface area contributed by atoms with E-state index in [9.17, 15) is 0 Å². The zero-order valence-corrected chi connectivity index (χ0v) is 3.92. The predicted molar refractivity (Wildman–Crippen MR) is 32.4 cm³/mol. The summed E-state index contributed by atoms with van der Waals surface area (Å²) in [5.41, 5.74) is 1.26. The van der Waals surface area contributed by atoms with Crippen LogP contribution in [0.15, 0.2) is 0 Å². The Morgan fingerprint density at radius 1 is 1.83 bits per heavy atom. The van der Waals surface area contributed by atoms with Crippen molar-refractivity contribution in [1.29, 1.82) is 0 Å². The molecule has 0 aromatic heterocycles. The van der Waals surface area contributed by atoms with Crippen LogP contribution in [0.2, 0.25) is 0 Å². The average Bonchev–Trinajstić information content (AvgIpc) is 1.41. The fourth-order valence-electron chi connectivity index (χ4n) is 0.0680. The van der Waals surface area contributed by atoms with Crippen molar-refractivity contribution in [2.75, 3.05) is 6.61 Å². The van der Waals surface area contributed by atoms with Crippen LogP contribution in [0.3, 0.4) is 0 Å². The van der Waals surface area contributed by atoms with Gasteiger partial charge in [0.1, 0.15) is 5.55 Å². The van der Waals surface area contributed by atoms with Crippen LogP contribution in [-0.2, 0) is 4.74 Å². The Morgan fingerprint density at radius 2 is 2.33 bits per heavy atom. The van der Waals surface area contributed by atoms with Gasteiger partial charge in [0.15, 0.2) is 0 Å². The van der Waals surface area contributed by atoms with Gasteiger partial charge in [0, 0.05) is 0 Å². The Kier molecular flexibility index (Phi) is 17.0. The fraction of sp³-hybridized carbons (Fsp3) is 0.667. The minimum absolute atomic E-state index is 0. The maximum atomic E-state index is 4.52. The monoisotopic (exact) mass is 130 g/mol. The van der Waals surface area contributed by atoms with E-state index in [1.54, 1.807) is 0 Å². The van der Waals surface area contributed by atoms with Crippen molar-refractivity contribution in [2.24, 2.45) is 0 Å². The number of thiocarbonyl (C=S) groups is 1. The summed E-state index contributed by atoms with van der Waals surface area (Å²) in [6.07, 6.45) is 0. The number of hydrogen-bond acceptors (Lipinski definition) is 2. The first-order valence-electron chi connectivity index (χ1n) is 1.47. The zero-order chi connectivity index (χ0) is 4.12. The molecule has 0 aliphatic heterocycles. The molecule has 6 heavy (non-hydrogen) atoms. The van der Waals surface area contributed by atoms with Gasteiger partial charge in [-0.1, -0.05) is 0 Å². The van der Waals surface area contributed by atoms with E-state index in [1.807, 2.05) is 6.92 Å². The van der Waals surface area contributed by atoms with Crippen LogP contribution >= 0.6 is 12.2 Å². The first-order chi connectivity index (χ1) is 2.41. The topological polar surface area (TPSA) is 9.23 Å². The Hall–Kier alpha value is 1.53. The molecule has 0 aromatic rings. The molecule has 0 aliphatic rings. The van der Waals surface area contributed by atoms with Gasteiger partial charge in [-0.15, -0.1) is 0 Å². The summed E-state index contributed by atoms with van der Waals surface area (Å²) >= 11 is 4.30. The zero-order valence-electron chi connectivity index (χ0n) is 3.10. The number of ether oxygens (including phenoxy) is 1. The van der Waals surface area contributed by atoms with E-state index >= 15 is 0 Å². The van der Waals surface area contributed by atoms with Crippen molar-refractivity contribution < 1.29 is 4.74 Å². The van der Waals surface area contributed by atoms with Crippen molar-refractivity contribution in [2.45, 2.75) is 6.92 Å². The molecule has 0 saturated carbocycles. The second-order valence-corrected chi connectivity index (χ2v) is 0.744. The standard InChI is InChI=1S/C3H6OS.K.H/c1-2-4-3-5;;/h3H,2H2,1H3;;. The molecule has 0 amide bonds. The van der Waals surface area contributed by atoms with E-state index in [0.717, 1.165) is 0 Å². The molecule has 0 saturated heterocycles. The Balaban J connectivity index is 0. The molecule has 0 heterocycles. The van der Waals surface area contributed by atoms with Crippen LogP contribution in [-0.4, -0.2) is 63.5 Å². The van der Waals surface area contributed by atoms with E-state index in [2.05, 4.69) is 17.0 Å². The van der Waals surface area contributed by atoms with Crippen molar-refractivity contribution in [3.8, 4) is 0 Å². The Labute approximate surface area is 85.9 Å². The van der Waals surface area contributed by atoms with Crippen molar-refractivity contribution in [1.82, 2.24) is 0 Å². The van der Waals surface area contributed by atoms with Crippen molar-refractivity contribution in [3.63, 3.8) is 0 Å². The van der Waals surface area contributed by atoms with Gasteiger partial charge in [0.2, 0.25) is 0 Å². The molecule has 1 nitrogen and oxygen atoms in total. The first kappa shape index (κ1) is 10.5. The maximum absolute atomic E-state index is 4.52. The molecule has 0 fully saturated rings. The van der Waals surface area contributed by atoms with Crippen LogP contribution in [0.4, 0.5) is 0 Å². The summed E-state index contributed by atoms with van der Waals surface area (Å²) in [5.74, 6) is 0. The molecule has 0 atom stereocenters. The summed E-state index contributed by atoms with van der Waals surface area (Å²) in [6, 6.07) is 0. The van der Waals surface area contributed by atoms with E-state index in [4.69, 9.17) is 0 Å². The third kappa shape index (κ3) is 9.11. The van der Waals surface area contributed by atoms with Crippen molar-refractivity contribution in [3.05, 3.63) is 0 Å². The summed E-state index contributed by atoms with van der Waals surface area (Å²) in [6.45, 7) is 2.58. The SMILES string of the molecule is CCOC=S.[KH]. The number of rotatable bonds is 2. The Bertz CT molecular complexity index is 32.0. The molecule has 3 heteroatoms. The summed E-state index contributed by atoms with van der Waals surface area (Å²) in [7, 11) is 0. The Morgan fingerprint density at radius 3 is 2.33 bits per heavy atom. The molecule has 0 unspecified atom stereocenters. The van der Waals surface area contributed by atoms with Crippen LogP contribution in [0.5, 0.6) is 0 Å². The summed E-state index contributed by atoms with van der Waals surface area (Å²) < 4.78 is 4.52. The van der Waals surface area contributed by atoms with E-state index in [-0.39, 0.29) is 51.4 Å². The molecule has 0 aliphatic carbocycles. The summed E-state index contributed by atoms with van der Waals surface area (Å²) in [4.78, 5) is 0. The fourth-order valence-corrected chi connectivity index (χ4v) is 0.204. The molecule has 0 bridgehead atoms. The number of hydrogen-bond donors (Lipinski definition) is 0. The molecule has 0 spiro atoms. The van der Waals surface area contributed by atoms with Gasteiger partial charge in [0.25, 0.3) is 0 Å². The molecular weight excluding hydrogens is 123 g/mol. The molecular formula is C3H7KOS. The molecule has 0 aromatic carbocycles. The second-order valence-electron chi connectivity index (χ2n) is 0.552. The van der Waals surface area contributed by atoms with Gasteiger partial charge in [-0.2, -0.15) is 0 Å². The molecule has 0 radical (unpaired) electrons. The normalized spacial score (nSPS) is 5.50. The predicted octanol–water partition coefficient (Wildman–Crippen LogP) is 0.332. The average molecular weight is 130 g/mol. The van der Waals surface area contributed by atoms with Crippen LogP contribution < -0.4 is 0 Å².